The lowest BCUT2D eigenvalue weighted by molar-refractivity contribution is -0.115. The number of carbonyl (C=O) groups is 2. The number of carbonyl (C=O) groups excluding carboxylic acids is 2. The van der Waals surface area contributed by atoms with Gasteiger partial charge in [-0.15, -0.1) is 22.7 Å². The Morgan fingerprint density at radius 1 is 1.13 bits per heavy atom. The number of amides is 2. The van der Waals surface area contributed by atoms with Crippen molar-refractivity contribution < 1.29 is 14.0 Å². The van der Waals surface area contributed by atoms with Crippen LogP contribution < -0.4 is 16.4 Å². The van der Waals surface area contributed by atoms with Gasteiger partial charge >= 0.3 is 0 Å². The SMILES string of the molecule is NC(=O)c1c(NC(=O)CNC(c2ccc(F)cc2)c2cccs2)sc2c1CCCC2. The Kier molecular flexibility index (Phi) is 6.26. The number of rotatable bonds is 7. The standard InChI is InChI=1S/C22H22FN3O2S2/c23-14-9-7-13(8-10-14)20(17-6-3-11-29-17)25-12-18(27)26-22-19(21(24)28)15-4-1-2-5-16(15)30-22/h3,6-11,20,25H,1-2,4-5,12H2,(H2,24,28)(H,26,27). The molecule has 0 spiro atoms. The van der Waals surface area contributed by atoms with E-state index >= 15 is 0 Å². The lowest BCUT2D eigenvalue weighted by atomic mass is 9.95. The molecule has 0 saturated carbocycles. The molecular weight excluding hydrogens is 421 g/mol. The van der Waals surface area contributed by atoms with Crippen LogP contribution in [0.5, 0.6) is 0 Å². The minimum Gasteiger partial charge on any atom is -0.365 e. The smallest absolute Gasteiger partial charge is 0.251 e. The van der Waals surface area contributed by atoms with E-state index in [2.05, 4.69) is 10.6 Å². The molecule has 2 heterocycles. The molecule has 30 heavy (non-hydrogen) atoms. The fourth-order valence-electron chi connectivity index (χ4n) is 3.77. The van der Waals surface area contributed by atoms with Gasteiger partial charge in [0.15, 0.2) is 0 Å². The topological polar surface area (TPSA) is 84.2 Å². The first-order valence-electron chi connectivity index (χ1n) is 9.79. The summed E-state index contributed by atoms with van der Waals surface area (Å²) in [4.78, 5) is 26.9. The summed E-state index contributed by atoms with van der Waals surface area (Å²) in [5.41, 5.74) is 7.92. The lowest BCUT2D eigenvalue weighted by Crippen LogP contribution is -2.32. The Morgan fingerprint density at radius 3 is 2.60 bits per heavy atom. The molecular formula is C22H22FN3O2S2. The van der Waals surface area contributed by atoms with Gasteiger partial charge in [-0.2, -0.15) is 0 Å². The second kappa shape index (κ2) is 9.07. The first kappa shape index (κ1) is 20.7. The molecule has 2 aromatic heterocycles. The summed E-state index contributed by atoms with van der Waals surface area (Å²) < 4.78 is 13.3. The highest BCUT2D eigenvalue weighted by atomic mass is 32.1. The van der Waals surface area contributed by atoms with Crippen molar-refractivity contribution in [1.29, 1.82) is 0 Å². The van der Waals surface area contributed by atoms with Crippen LogP contribution in [0, 0.1) is 5.82 Å². The Labute approximate surface area is 182 Å². The quantitative estimate of drug-likeness (QED) is 0.511. The van der Waals surface area contributed by atoms with Crippen LogP contribution in [0.25, 0.3) is 0 Å². The number of aryl methyl sites for hydroxylation is 1. The van der Waals surface area contributed by atoms with Crippen molar-refractivity contribution in [2.45, 2.75) is 31.7 Å². The molecule has 3 aromatic rings. The van der Waals surface area contributed by atoms with Crippen molar-refractivity contribution in [1.82, 2.24) is 5.32 Å². The number of halogens is 1. The molecule has 0 fully saturated rings. The average Bonchev–Trinajstić information content (AvgIpc) is 3.37. The number of primary amides is 1. The van der Waals surface area contributed by atoms with E-state index < -0.39 is 5.91 Å². The minimum absolute atomic E-state index is 0.0424. The van der Waals surface area contributed by atoms with Gasteiger partial charge in [0, 0.05) is 9.75 Å². The third-order valence-corrected chi connectivity index (χ3v) is 7.31. The van der Waals surface area contributed by atoms with Crippen LogP contribution in [0.15, 0.2) is 41.8 Å². The number of thiophene rings is 2. The van der Waals surface area contributed by atoms with Crippen LogP contribution in [0.1, 0.15) is 50.1 Å². The Morgan fingerprint density at radius 2 is 1.90 bits per heavy atom. The highest BCUT2D eigenvalue weighted by Crippen LogP contribution is 2.37. The molecule has 1 unspecified atom stereocenters. The number of nitrogens with one attached hydrogen (secondary N) is 2. The second-order valence-electron chi connectivity index (χ2n) is 7.21. The molecule has 4 N–H and O–H groups in total. The molecule has 2 amide bonds. The maximum Gasteiger partial charge on any atom is 0.251 e. The van der Waals surface area contributed by atoms with Gasteiger partial charge in [0.25, 0.3) is 5.91 Å². The van der Waals surface area contributed by atoms with Gasteiger partial charge in [-0.3, -0.25) is 14.9 Å². The van der Waals surface area contributed by atoms with Crippen LogP contribution in [0.4, 0.5) is 9.39 Å². The lowest BCUT2D eigenvalue weighted by Gasteiger charge is -2.18. The van der Waals surface area contributed by atoms with Gasteiger partial charge in [-0.1, -0.05) is 18.2 Å². The molecule has 156 valence electrons. The molecule has 1 aromatic carbocycles. The predicted molar refractivity (Wildman–Crippen MR) is 119 cm³/mol. The van der Waals surface area contributed by atoms with E-state index in [0.29, 0.717) is 10.6 Å². The Balaban J connectivity index is 1.49. The van der Waals surface area contributed by atoms with Crippen LogP contribution >= 0.6 is 22.7 Å². The number of anilines is 1. The molecule has 8 heteroatoms. The molecule has 0 saturated heterocycles. The van der Waals surface area contributed by atoms with Crippen LogP contribution in [0.2, 0.25) is 0 Å². The molecule has 1 aliphatic rings. The number of benzene rings is 1. The predicted octanol–water partition coefficient (Wildman–Crippen LogP) is 4.24. The normalized spacial score (nSPS) is 14.2. The van der Waals surface area contributed by atoms with Crippen molar-refractivity contribution in [3.63, 3.8) is 0 Å². The van der Waals surface area contributed by atoms with Gasteiger partial charge in [0.2, 0.25) is 5.91 Å². The largest absolute Gasteiger partial charge is 0.365 e. The summed E-state index contributed by atoms with van der Waals surface area (Å²) in [7, 11) is 0. The van der Waals surface area contributed by atoms with E-state index in [1.54, 1.807) is 23.5 Å². The maximum atomic E-state index is 13.3. The first-order chi connectivity index (χ1) is 14.5. The third kappa shape index (κ3) is 4.45. The summed E-state index contributed by atoms with van der Waals surface area (Å²) in [5.74, 6) is -1.05. The van der Waals surface area contributed by atoms with Crippen molar-refractivity contribution in [2.24, 2.45) is 5.73 Å². The monoisotopic (exact) mass is 443 g/mol. The van der Waals surface area contributed by atoms with Crippen molar-refractivity contribution >= 4 is 39.5 Å². The van der Waals surface area contributed by atoms with Crippen molar-refractivity contribution in [3.05, 3.63) is 74.0 Å². The van der Waals surface area contributed by atoms with Gasteiger partial charge < -0.3 is 11.1 Å². The Bertz CT molecular complexity index is 1050. The molecule has 0 bridgehead atoms. The minimum atomic E-state index is -0.500. The fourth-order valence-corrected chi connectivity index (χ4v) is 5.91. The second-order valence-corrected chi connectivity index (χ2v) is 9.29. The van der Waals surface area contributed by atoms with Crippen LogP contribution in [-0.4, -0.2) is 18.4 Å². The average molecular weight is 444 g/mol. The number of nitrogens with two attached hydrogens (primary N) is 1. The third-order valence-electron chi connectivity index (χ3n) is 5.17. The van der Waals surface area contributed by atoms with E-state index in [1.165, 1.54) is 23.5 Å². The summed E-state index contributed by atoms with van der Waals surface area (Å²) in [5, 5.41) is 8.62. The van der Waals surface area contributed by atoms with E-state index in [0.717, 1.165) is 46.6 Å². The van der Waals surface area contributed by atoms with E-state index in [4.69, 9.17) is 5.73 Å². The summed E-state index contributed by atoms with van der Waals surface area (Å²) >= 11 is 3.01. The van der Waals surface area contributed by atoms with Crippen molar-refractivity contribution in [3.8, 4) is 0 Å². The first-order valence-corrected chi connectivity index (χ1v) is 11.5. The maximum absolute atomic E-state index is 13.3. The molecule has 1 atom stereocenters. The van der Waals surface area contributed by atoms with Crippen LogP contribution in [0.3, 0.4) is 0 Å². The highest BCUT2D eigenvalue weighted by molar-refractivity contribution is 7.17. The van der Waals surface area contributed by atoms with Crippen molar-refractivity contribution in [2.75, 3.05) is 11.9 Å². The molecule has 4 rings (SSSR count). The van der Waals surface area contributed by atoms with E-state index in [-0.39, 0.29) is 24.3 Å². The zero-order valence-electron chi connectivity index (χ0n) is 16.2. The van der Waals surface area contributed by atoms with E-state index in [1.807, 2.05) is 17.5 Å². The van der Waals surface area contributed by atoms with E-state index in [9.17, 15) is 14.0 Å². The molecule has 1 aliphatic carbocycles. The summed E-state index contributed by atoms with van der Waals surface area (Å²) in [6.45, 7) is 0.0424. The number of hydrogen-bond acceptors (Lipinski definition) is 5. The zero-order valence-corrected chi connectivity index (χ0v) is 17.9. The number of fused-ring (bicyclic) bond motifs is 1. The van der Waals surface area contributed by atoms with Gasteiger partial charge in [0.1, 0.15) is 10.8 Å². The fraction of sp³-hybridized carbons (Fsp3) is 0.273. The molecule has 0 radical (unpaired) electrons. The van der Waals surface area contributed by atoms with Gasteiger partial charge in [-0.05, 0) is 60.4 Å². The summed E-state index contributed by atoms with van der Waals surface area (Å²) in [6.07, 6.45) is 3.85. The molecule has 0 aliphatic heterocycles. The number of hydrogen-bond donors (Lipinski definition) is 3. The Hall–Kier alpha value is -2.55. The zero-order chi connectivity index (χ0) is 21.1. The van der Waals surface area contributed by atoms with Gasteiger partial charge in [0.05, 0.1) is 18.2 Å². The highest BCUT2D eigenvalue weighted by Gasteiger charge is 2.25. The summed E-state index contributed by atoms with van der Waals surface area (Å²) in [6, 6.07) is 9.92. The van der Waals surface area contributed by atoms with Gasteiger partial charge in [-0.25, -0.2) is 4.39 Å². The van der Waals surface area contributed by atoms with Crippen LogP contribution in [-0.2, 0) is 17.6 Å². The molecule has 5 nitrogen and oxygen atoms in total.